The Balaban J connectivity index is 0.00000127. The number of aromatic nitrogens is 6. The van der Waals surface area contributed by atoms with Crippen LogP contribution in [0.3, 0.4) is 0 Å². The van der Waals surface area contributed by atoms with Gasteiger partial charge in [-0.1, -0.05) is 20.3 Å². The van der Waals surface area contributed by atoms with Crippen LogP contribution in [0, 0.1) is 6.92 Å². The molecule has 1 N–H and O–H groups in total. The first-order chi connectivity index (χ1) is 18.1. The lowest BCUT2D eigenvalue weighted by atomic mass is 10.2. The van der Waals surface area contributed by atoms with Gasteiger partial charge in [0, 0.05) is 27.1 Å². The Morgan fingerprint density at radius 1 is 1.18 bits per heavy atom. The highest BCUT2D eigenvalue weighted by Crippen LogP contribution is 2.35. The Morgan fingerprint density at radius 3 is 2.50 bits per heavy atom. The van der Waals surface area contributed by atoms with E-state index in [1.807, 2.05) is 20.8 Å². The van der Waals surface area contributed by atoms with E-state index >= 15 is 0 Å². The van der Waals surface area contributed by atoms with Gasteiger partial charge in [-0.25, -0.2) is 23.4 Å². The monoisotopic (exact) mass is 549 g/mol. The quantitative estimate of drug-likeness (QED) is 0.416. The molecule has 12 nitrogen and oxygen atoms in total. The molecule has 3 aromatic heterocycles. The summed E-state index contributed by atoms with van der Waals surface area (Å²) in [5, 5.41) is 7.39. The van der Waals surface area contributed by atoms with Gasteiger partial charge in [0.15, 0.2) is 11.6 Å². The SMILES string of the molecule is CCC.CO[C@H](c1ncc(C)cn1)[C@H](C)S(=O)(=O)Nc1nnc2n1[C@H](COC(C)C)COc1ncccc1-2.[HH]. The number of fused-ring (bicyclic) bond motifs is 3. The Bertz CT molecular complexity index is 1290. The van der Waals surface area contributed by atoms with Crippen LogP contribution in [-0.4, -0.2) is 69.8 Å². The second kappa shape index (κ2) is 13.1. The fraction of sp³-hybridized carbons (Fsp3) is 0.560. The average Bonchev–Trinajstić information content (AvgIpc) is 3.20. The molecule has 0 aromatic carbocycles. The Labute approximate surface area is 225 Å². The van der Waals surface area contributed by atoms with E-state index in [4.69, 9.17) is 14.2 Å². The van der Waals surface area contributed by atoms with Crippen LogP contribution in [0.1, 0.15) is 66.0 Å². The van der Waals surface area contributed by atoms with E-state index < -0.39 is 27.4 Å². The normalized spacial score (nSPS) is 16.3. The molecule has 1 aliphatic rings. The minimum Gasteiger partial charge on any atom is -0.475 e. The summed E-state index contributed by atoms with van der Waals surface area (Å²) in [7, 11) is -2.59. The van der Waals surface area contributed by atoms with Crippen LogP contribution in [0.2, 0.25) is 0 Å². The van der Waals surface area contributed by atoms with E-state index in [0.29, 0.717) is 17.3 Å². The number of methoxy groups -OCH3 is 1. The molecule has 0 aliphatic carbocycles. The van der Waals surface area contributed by atoms with Gasteiger partial charge in [-0.15, -0.1) is 10.2 Å². The molecule has 210 valence electrons. The summed E-state index contributed by atoms with van der Waals surface area (Å²) < 4.78 is 48.3. The van der Waals surface area contributed by atoms with Gasteiger partial charge in [-0.3, -0.25) is 9.29 Å². The van der Waals surface area contributed by atoms with E-state index in [9.17, 15) is 8.42 Å². The molecule has 4 rings (SSSR count). The van der Waals surface area contributed by atoms with Crippen LogP contribution < -0.4 is 9.46 Å². The first-order valence-electron chi connectivity index (χ1n) is 12.6. The Morgan fingerprint density at radius 2 is 1.87 bits per heavy atom. The minimum absolute atomic E-state index is 0. The molecule has 0 saturated carbocycles. The Kier molecular flexibility index (Phi) is 10.1. The summed E-state index contributed by atoms with van der Waals surface area (Å²) in [5.41, 5.74) is 1.46. The predicted molar refractivity (Wildman–Crippen MR) is 145 cm³/mol. The maximum absolute atomic E-state index is 13.4. The van der Waals surface area contributed by atoms with Gasteiger partial charge < -0.3 is 14.2 Å². The van der Waals surface area contributed by atoms with Crippen molar-refractivity contribution in [2.24, 2.45) is 0 Å². The number of ether oxygens (including phenoxy) is 3. The molecular formula is C25H39N7O5S. The van der Waals surface area contributed by atoms with Crippen LogP contribution in [0.15, 0.2) is 30.7 Å². The van der Waals surface area contributed by atoms with Gasteiger partial charge in [-0.2, -0.15) is 0 Å². The summed E-state index contributed by atoms with van der Waals surface area (Å²) in [6, 6.07) is 3.15. The molecule has 4 heterocycles. The highest BCUT2D eigenvalue weighted by atomic mass is 32.2. The maximum atomic E-state index is 13.4. The van der Waals surface area contributed by atoms with Crippen LogP contribution in [0.5, 0.6) is 5.88 Å². The molecule has 0 bridgehead atoms. The van der Waals surface area contributed by atoms with Gasteiger partial charge in [0.1, 0.15) is 18.0 Å². The molecule has 0 amide bonds. The van der Waals surface area contributed by atoms with Crippen molar-refractivity contribution in [1.82, 2.24) is 29.7 Å². The number of hydrogen-bond acceptors (Lipinski definition) is 10. The van der Waals surface area contributed by atoms with Gasteiger partial charge in [0.25, 0.3) is 0 Å². The largest absolute Gasteiger partial charge is 0.475 e. The highest BCUT2D eigenvalue weighted by molar-refractivity contribution is 7.93. The van der Waals surface area contributed by atoms with E-state index in [2.05, 4.69) is 43.7 Å². The zero-order valence-electron chi connectivity index (χ0n) is 23.0. The van der Waals surface area contributed by atoms with Crippen molar-refractivity contribution < 1.29 is 24.1 Å². The van der Waals surface area contributed by atoms with Crippen LogP contribution >= 0.6 is 0 Å². The van der Waals surface area contributed by atoms with E-state index in [1.54, 1.807) is 35.3 Å². The zero-order chi connectivity index (χ0) is 27.9. The first-order valence-corrected chi connectivity index (χ1v) is 14.1. The van der Waals surface area contributed by atoms with Gasteiger partial charge >= 0.3 is 0 Å². The first kappa shape index (κ1) is 29.4. The second-order valence-electron chi connectivity index (χ2n) is 9.25. The number of anilines is 1. The number of aryl methyl sites for hydroxylation is 1. The van der Waals surface area contributed by atoms with E-state index in [-0.39, 0.29) is 32.5 Å². The molecular weight excluding hydrogens is 510 g/mol. The van der Waals surface area contributed by atoms with Crippen molar-refractivity contribution in [3.8, 4) is 17.3 Å². The minimum atomic E-state index is -4.01. The molecule has 0 saturated heterocycles. The van der Waals surface area contributed by atoms with Crippen molar-refractivity contribution in [2.45, 2.75) is 71.5 Å². The molecule has 3 atom stereocenters. The van der Waals surface area contributed by atoms with Gasteiger partial charge in [0.05, 0.1) is 24.3 Å². The summed E-state index contributed by atoms with van der Waals surface area (Å²) in [6.45, 7) is 11.9. The topological polar surface area (TPSA) is 143 Å². The summed E-state index contributed by atoms with van der Waals surface area (Å²) in [4.78, 5) is 12.8. The van der Waals surface area contributed by atoms with Crippen molar-refractivity contribution in [3.05, 3.63) is 42.1 Å². The number of nitrogens with one attached hydrogen (secondary N) is 1. The maximum Gasteiger partial charge on any atom is 0.240 e. The summed E-state index contributed by atoms with van der Waals surface area (Å²) in [5.74, 6) is 1.14. The molecule has 3 aromatic rings. The molecule has 0 radical (unpaired) electrons. The molecule has 13 heteroatoms. The van der Waals surface area contributed by atoms with Crippen LogP contribution in [-0.2, 0) is 19.5 Å². The number of pyridine rings is 1. The number of rotatable bonds is 9. The average molecular weight is 550 g/mol. The third kappa shape index (κ3) is 6.83. The van der Waals surface area contributed by atoms with Crippen molar-refractivity contribution in [1.29, 1.82) is 0 Å². The van der Waals surface area contributed by atoms with E-state index in [0.717, 1.165) is 5.56 Å². The highest BCUT2D eigenvalue weighted by Gasteiger charge is 2.36. The van der Waals surface area contributed by atoms with Gasteiger partial charge in [0.2, 0.25) is 21.9 Å². The molecule has 1 aliphatic heterocycles. The summed E-state index contributed by atoms with van der Waals surface area (Å²) in [6.07, 6.45) is 5.17. The van der Waals surface area contributed by atoms with Crippen molar-refractivity contribution in [3.63, 3.8) is 0 Å². The Hall–Kier alpha value is -3.16. The number of sulfonamides is 1. The lowest BCUT2D eigenvalue weighted by Gasteiger charge is -2.24. The standard InChI is InChI=1S/C22H29N7O5S.C3H8.H2/c1-13(2)33-11-16-12-34-21-17(7-6-8-23-21)20-26-27-22(29(16)20)28-35(30,31)15(4)18(32-5)19-24-9-14(3)10-25-19;1-3-2;/h6-10,13,15-16,18H,11-12H2,1-5H3,(H,27,28);3H2,1-2H3;1H/t15-,16+,18-;;/m0../s1. The molecule has 0 unspecified atom stereocenters. The lowest BCUT2D eigenvalue weighted by Crippen LogP contribution is -2.34. The van der Waals surface area contributed by atoms with Crippen molar-refractivity contribution >= 4 is 16.0 Å². The third-order valence-electron chi connectivity index (χ3n) is 5.57. The molecule has 0 fully saturated rings. The van der Waals surface area contributed by atoms with Gasteiger partial charge in [-0.05, 0) is 45.4 Å². The lowest BCUT2D eigenvalue weighted by molar-refractivity contribution is 0.0426. The molecule has 0 spiro atoms. The fourth-order valence-corrected chi connectivity index (χ4v) is 4.82. The predicted octanol–water partition coefficient (Wildman–Crippen LogP) is 3.98. The number of nitrogens with zero attached hydrogens (tertiary/aromatic N) is 6. The van der Waals surface area contributed by atoms with E-state index in [1.165, 1.54) is 20.5 Å². The fourth-order valence-electron chi connectivity index (χ4n) is 3.68. The van der Waals surface area contributed by atoms with Crippen LogP contribution in [0.25, 0.3) is 11.4 Å². The zero-order valence-corrected chi connectivity index (χ0v) is 23.8. The third-order valence-corrected chi connectivity index (χ3v) is 7.26. The smallest absolute Gasteiger partial charge is 0.240 e. The number of hydrogen-bond donors (Lipinski definition) is 1. The van der Waals surface area contributed by atoms with Crippen molar-refractivity contribution in [2.75, 3.05) is 25.0 Å². The second-order valence-corrected chi connectivity index (χ2v) is 11.3. The molecule has 38 heavy (non-hydrogen) atoms. The van der Waals surface area contributed by atoms with Crippen LogP contribution in [0.4, 0.5) is 5.95 Å². The summed E-state index contributed by atoms with van der Waals surface area (Å²) >= 11 is 0.